The lowest BCUT2D eigenvalue weighted by atomic mass is 9.83. The molecule has 2 bridgehead atoms. The van der Waals surface area contributed by atoms with Gasteiger partial charge in [-0.05, 0) is 0 Å². The maximum Gasteiger partial charge on any atom is 0.304 e. The standard InChI is InChI=1S/C9H6Cl6O3S/c10-5-6(11)8(13)4-2-18-19(16)17-1-3(4)7(5,12)9(8,14)15/h3-4H,1-2H2/t3-,4+,7+,8-,19+. The second-order valence-electron chi connectivity index (χ2n) is 4.61. The maximum atomic E-state index is 11.3. The summed E-state index contributed by atoms with van der Waals surface area (Å²) in [6.45, 7) is 0.0215. The van der Waals surface area contributed by atoms with Gasteiger partial charge >= 0.3 is 11.4 Å². The van der Waals surface area contributed by atoms with E-state index in [-0.39, 0.29) is 23.3 Å². The van der Waals surface area contributed by atoms with Crippen LogP contribution in [0.25, 0.3) is 0 Å². The number of hydrogen-bond acceptors (Lipinski definition) is 3. The summed E-state index contributed by atoms with van der Waals surface area (Å²) >= 11 is 36.4. The first-order chi connectivity index (χ1) is 8.69. The van der Waals surface area contributed by atoms with E-state index in [1.807, 2.05) is 0 Å². The van der Waals surface area contributed by atoms with Crippen LogP contribution in [0.2, 0.25) is 0 Å². The molecule has 10 heteroatoms. The molecule has 1 saturated heterocycles. The zero-order valence-electron chi connectivity index (χ0n) is 8.97. The van der Waals surface area contributed by atoms with E-state index in [9.17, 15) is 4.21 Å². The van der Waals surface area contributed by atoms with Crippen LogP contribution in [0.15, 0.2) is 10.1 Å². The predicted molar refractivity (Wildman–Crippen MR) is 77.4 cm³/mol. The summed E-state index contributed by atoms with van der Waals surface area (Å²) in [6, 6.07) is 0. The Morgan fingerprint density at radius 1 is 0.947 bits per heavy atom. The Morgan fingerprint density at radius 3 is 1.68 bits per heavy atom. The minimum absolute atomic E-state index is 0.0107. The summed E-state index contributed by atoms with van der Waals surface area (Å²) in [7, 11) is 0. The van der Waals surface area contributed by atoms with Crippen LogP contribution in [-0.4, -0.2) is 31.5 Å². The molecule has 1 aliphatic heterocycles. The van der Waals surface area contributed by atoms with E-state index in [2.05, 4.69) is 0 Å². The van der Waals surface area contributed by atoms with Gasteiger partial charge in [-0.1, -0.05) is 46.4 Å². The van der Waals surface area contributed by atoms with Crippen molar-refractivity contribution in [1.29, 1.82) is 0 Å². The van der Waals surface area contributed by atoms with Crippen molar-refractivity contribution in [1.82, 2.24) is 0 Å². The lowest BCUT2D eigenvalue weighted by Gasteiger charge is -2.33. The van der Waals surface area contributed by atoms with Crippen molar-refractivity contribution in [2.24, 2.45) is 11.8 Å². The van der Waals surface area contributed by atoms with Crippen LogP contribution in [-0.2, 0) is 19.7 Å². The highest BCUT2D eigenvalue weighted by atomic mass is 35.5. The Hall–Kier alpha value is 1.55. The van der Waals surface area contributed by atoms with E-state index in [1.54, 1.807) is 0 Å². The Morgan fingerprint density at radius 2 is 1.32 bits per heavy atom. The largest absolute Gasteiger partial charge is 0.304 e. The molecule has 1 heterocycles. The molecule has 0 aromatic rings. The monoisotopic (exact) mass is 404 g/mol. The average Bonchev–Trinajstić information content (AvgIpc) is 2.54. The van der Waals surface area contributed by atoms with E-state index < -0.39 is 37.3 Å². The minimum atomic E-state index is -1.86. The summed E-state index contributed by atoms with van der Waals surface area (Å²) in [5, 5.41) is 0.210. The first kappa shape index (κ1) is 15.4. The molecule has 0 unspecified atom stereocenters. The predicted octanol–water partition coefficient (Wildman–Crippen LogP) is 3.69. The third-order valence-electron chi connectivity index (χ3n) is 3.94. The zero-order chi connectivity index (χ0) is 14.2. The molecule has 19 heavy (non-hydrogen) atoms. The molecule has 2 fully saturated rings. The van der Waals surface area contributed by atoms with Crippen LogP contribution in [0, 0.1) is 11.8 Å². The van der Waals surface area contributed by atoms with Crippen molar-refractivity contribution in [3.8, 4) is 0 Å². The SMILES string of the molecule is O=[S@]1OC[C@@H]2[C@H](CO1)[C@@]1(Cl)C(Cl)=C(Cl)[C@]2(Cl)C1(Cl)Cl. The highest BCUT2D eigenvalue weighted by Gasteiger charge is 2.82. The molecular formula is C9H6Cl6O3S. The molecule has 0 spiro atoms. The molecule has 5 atom stereocenters. The van der Waals surface area contributed by atoms with Gasteiger partial charge in [0, 0.05) is 11.8 Å². The summed E-state index contributed by atoms with van der Waals surface area (Å²) in [4.78, 5) is -2.78. The molecule has 3 rings (SSSR count). The van der Waals surface area contributed by atoms with Crippen LogP contribution < -0.4 is 0 Å². The van der Waals surface area contributed by atoms with Crippen molar-refractivity contribution in [2.45, 2.75) is 14.1 Å². The highest BCUT2D eigenvalue weighted by molar-refractivity contribution is 7.75. The van der Waals surface area contributed by atoms with E-state index in [0.29, 0.717) is 0 Å². The summed E-state index contributed by atoms with van der Waals surface area (Å²) in [6.07, 6.45) is 0. The molecule has 0 aromatic heterocycles. The van der Waals surface area contributed by atoms with Gasteiger partial charge in [-0.25, -0.2) is 0 Å². The number of rotatable bonds is 0. The second-order valence-corrected chi connectivity index (χ2v) is 8.77. The minimum Gasteiger partial charge on any atom is -0.268 e. The maximum absolute atomic E-state index is 11.3. The molecule has 0 radical (unpaired) electrons. The molecule has 3 nitrogen and oxygen atoms in total. The van der Waals surface area contributed by atoms with Gasteiger partial charge in [-0.3, -0.25) is 8.37 Å². The highest BCUT2D eigenvalue weighted by Crippen LogP contribution is 2.76. The van der Waals surface area contributed by atoms with Crippen LogP contribution in [0.3, 0.4) is 0 Å². The number of fused-ring (bicyclic) bond motifs is 5. The molecule has 2 aliphatic carbocycles. The van der Waals surface area contributed by atoms with Gasteiger partial charge < -0.3 is 0 Å². The Labute approximate surface area is 142 Å². The third kappa shape index (κ3) is 1.59. The fourth-order valence-electron chi connectivity index (χ4n) is 2.96. The van der Waals surface area contributed by atoms with Crippen molar-refractivity contribution in [3.63, 3.8) is 0 Å². The van der Waals surface area contributed by atoms with E-state index in [0.717, 1.165) is 0 Å². The topological polar surface area (TPSA) is 35.5 Å². The molecule has 3 aliphatic rings. The Kier molecular flexibility index (Phi) is 3.68. The van der Waals surface area contributed by atoms with E-state index >= 15 is 0 Å². The van der Waals surface area contributed by atoms with Gasteiger partial charge in [0.1, 0.15) is 9.75 Å². The summed E-state index contributed by atoms with van der Waals surface area (Å²) < 4.78 is 19.7. The summed E-state index contributed by atoms with van der Waals surface area (Å²) in [5.74, 6) is -0.911. The average molecular weight is 407 g/mol. The van der Waals surface area contributed by atoms with Gasteiger partial charge in [0.05, 0.1) is 23.3 Å². The molecule has 0 N–H and O–H groups in total. The third-order valence-corrected chi connectivity index (χ3v) is 8.95. The lowest BCUT2D eigenvalue weighted by Crippen LogP contribution is -2.45. The second kappa shape index (κ2) is 4.53. The van der Waals surface area contributed by atoms with Crippen LogP contribution in [0.5, 0.6) is 0 Å². The number of allylic oxidation sites excluding steroid dienone is 2. The van der Waals surface area contributed by atoms with Gasteiger partial charge in [-0.15, -0.1) is 23.2 Å². The van der Waals surface area contributed by atoms with Gasteiger partial charge in [0.15, 0.2) is 4.33 Å². The molecule has 0 amide bonds. The number of hydrogen-bond donors (Lipinski definition) is 0. The molecule has 0 aromatic carbocycles. The van der Waals surface area contributed by atoms with Gasteiger partial charge in [-0.2, -0.15) is 4.21 Å². The Balaban J connectivity index is 2.19. The van der Waals surface area contributed by atoms with Crippen molar-refractivity contribution >= 4 is 81.0 Å². The van der Waals surface area contributed by atoms with Crippen molar-refractivity contribution < 1.29 is 12.6 Å². The fraction of sp³-hybridized carbons (Fsp3) is 0.778. The normalized spacial score (nSPS) is 52.2. The van der Waals surface area contributed by atoms with Gasteiger partial charge in [0.2, 0.25) is 0 Å². The smallest absolute Gasteiger partial charge is 0.268 e. The molecule has 108 valence electrons. The Bertz CT molecular complexity index is 470. The van der Waals surface area contributed by atoms with E-state index in [4.69, 9.17) is 78.0 Å². The quantitative estimate of drug-likeness (QED) is 0.575. The van der Waals surface area contributed by atoms with Crippen molar-refractivity contribution in [3.05, 3.63) is 10.1 Å². The molecular weight excluding hydrogens is 401 g/mol. The van der Waals surface area contributed by atoms with E-state index in [1.165, 1.54) is 0 Å². The lowest BCUT2D eigenvalue weighted by molar-refractivity contribution is 0.207. The van der Waals surface area contributed by atoms with Crippen LogP contribution >= 0.6 is 69.6 Å². The fourth-order valence-corrected chi connectivity index (χ4v) is 6.60. The summed E-state index contributed by atoms with van der Waals surface area (Å²) in [5.41, 5.74) is 0. The molecule has 1 saturated carbocycles. The van der Waals surface area contributed by atoms with Gasteiger partial charge in [0.25, 0.3) is 0 Å². The van der Waals surface area contributed by atoms with Crippen LogP contribution in [0.4, 0.5) is 0 Å². The van der Waals surface area contributed by atoms with Crippen molar-refractivity contribution in [2.75, 3.05) is 13.2 Å². The zero-order valence-corrected chi connectivity index (χ0v) is 14.3. The van der Waals surface area contributed by atoms with Crippen LogP contribution in [0.1, 0.15) is 0 Å². The first-order valence-electron chi connectivity index (χ1n) is 5.19. The number of alkyl halides is 4. The number of halogens is 6. The first-order valence-corrected chi connectivity index (χ1v) is 8.46.